The van der Waals surface area contributed by atoms with Crippen molar-refractivity contribution in [3.8, 4) is 0 Å². The molecule has 0 aliphatic heterocycles. The number of hydrogen-bond donors (Lipinski definition) is 1. The van der Waals surface area contributed by atoms with E-state index >= 15 is 0 Å². The van der Waals surface area contributed by atoms with Crippen LogP contribution in [0.3, 0.4) is 0 Å². The summed E-state index contributed by atoms with van der Waals surface area (Å²) >= 11 is 1.45. The summed E-state index contributed by atoms with van der Waals surface area (Å²) in [5.74, 6) is -1.71. The van der Waals surface area contributed by atoms with Crippen LogP contribution in [0, 0.1) is 5.82 Å². The van der Waals surface area contributed by atoms with Crippen LogP contribution in [0.25, 0.3) is 0 Å². The van der Waals surface area contributed by atoms with Crippen LogP contribution in [0.2, 0.25) is 0 Å². The van der Waals surface area contributed by atoms with Crippen molar-refractivity contribution in [1.29, 1.82) is 0 Å². The van der Waals surface area contributed by atoms with Crippen molar-refractivity contribution < 1.29 is 19.1 Å². The number of hydrogen-bond acceptors (Lipinski definition) is 3. The Morgan fingerprint density at radius 2 is 2.05 bits per heavy atom. The highest BCUT2D eigenvalue weighted by molar-refractivity contribution is 7.10. The number of carbonyl (C=O) groups is 2. The first-order chi connectivity index (χ1) is 10.1. The van der Waals surface area contributed by atoms with Crippen LogP contribution < -0.4 is 4.90 Å². The molecule has 0 aliphatic rings. The molecule has 0 aliphatic carbocycles. The molecule has 0 atom stereocenters. The first kappa shape index (κ1) is 15.2. The summed E-state index contributed by atoms with van der Waals surface area (Å²) in [5, 5.41) is 10.7. The van der Waals surface area contributed by atoms with Gasteiger partial charge in [0.1, 0.15) is 5.82 Å². The normalized spacial score (nSPS) is 10.3. The first-order valence-electron chi connectivity index (χ1n) is 6.36. The zero-order valence-corrected chi connectivity index (χ0v) is 12.0. The zero-order valence-electron chi connectivity index (χ0n) is 11.2. The van der Waals surface area contributed by atoms with Crippen molar-refractivity contribution in [3.63, 3.8) is 0 Å². The van der Waals surface area contributed by atoms with Gasteiger partial charge in [0.25, 0.3) is 0 Å². The minimum atomic E-state index is -1.000. The predicted octanol–water partition coefficient (Wildman–Crippen LogP) is 2.94. The monoisotopic (exact) mass is 307 g/mol. The molecule has 1 aromatic heterocycles. The summed E-state index contributed by atoms with van der Waals surface area (Å²) in [6.45, 7) is 0.0169. The van der Waals surface area contributed by atoms with Crippen LogP contribution in [-0.2, 0) is 16.0 Å². The number of amides is 1. The smallest absolute Gasteiger partial charge is 0.305 e. The quantitative estimate of drug-likeness (QED) is 0.892. The molecule has 0 saturated heterocycles. The Labute approximate surface area is 125 Å². The number of nitrogens with zero attached hydrogens (tertiary/aromatic N) is 1. The van der Waals surface area contributed by atoms with Gasteiger partial charge in [-0.3, -0.25) is 9.59 Å². The van der Waals surface area contributed by atoms with Gasteiger partial charge < -0.3 is 10.0 Å². The van der Waals surface area contributed by atoms with Crippen LogP contribution in [0.5, 0.6) is 0 Å². The third-order valence-corrected chi connectivity index (χ3v) is 3.75. The third-order valence-electron chi connectivity index (χ3n) is 2.88. The van der Waals surface area contributed by atoms with Gasteiger partial charge in [0.2, 0.25) is 5.91 Å². The number of halogens is 1. The van der Waals surface area contributed by atoms with Gasteiger partial charge >= 0.3 is 5.97 Å². The molecule has 110 valence electrons. The standard InChI is InChI=1S/C15H14FNO3S/c16-11-3-1-4-12(9-11)17(7-6-15(19)20)14(18)10-13-5-2-8-21-13/h1-5,8-9H,6-7,10H2,(H,19,20). The van der Waals surface area contributed by atoms with Crippen LogP contribution in [0.1, 0.15) is 11.3 Å². The second-order valence-electron chi connectivity index (χ2n) is 4.43. The SMILES string of the molecule is O=C(O)CCN(C(=O)Cc1cccs1)c1cccc(F)c1. The van der Waals surface area contributed by atoms with Crippen LogP contribution in [0.4, 0.5) is 10.1 Å². The maximum absolute atomic E-state index is 13.3. The Morgan fingerprint density at radius 3 is 2.67 bits per heavy atom. The Bertz CT molecular complexity index is 628. The number of aliphatic carboxylic acids is 1. The molecule has 2 aromatic rings. The second-order valence-corrected chi connectivity index (χ2v) is 5.46. The van der Waals surface area contributed by atoms with E-state index in [2.05, 4.69) is 0 Å². The number of benzene rings is 1. The highest BCUT2D eigenvalue weighted by Gasteiger charge is 2.18. The maximum atomic E-state index is 13.3. The molecule has 1 N–H and O–H groups in total. The lowest BCUT2D eigenvalue weighted by atomic mass is 10.2. The van der Waals surface area contributed by atoms with Crippen LogP contribution in [-0.4, -0.2) is 23.5 Å². The van der Waals surface area contributed by atoms with Gasteiger partial charge in [-0.15, -0.1) is 11.3 Å². The van der Waals surface area contributed by atoms with Gasteiger partial charge in [-0.25, -0.2) is 4.39 Å². The predicted molar refractivity (Wildman–Crippen MR) is 79.0 cm³/mol. The van der Waals surface area contributed by atoms with Crippen molar-refractivity contribution in [1.82, 2.24) is 0 Å². The number of thiophene rings is 1. The molecule has 1 heterocycles. The molecule has 0 unspecified atom stereocenters. The molecular formula is C15H14FNO3S. The minimum Gasteiger partial charge on any atom is -0.481 e. The van der Waals surface area contributed by atoms with Crippen molar-refractivity contribution >= 4 is 28.9 Å². The molecule has 21 heavy (non-hydrogen) atoms. The van der Waals surface area contributed by atoms with Crippen molar-refractivity contribution in [2.45, 2.75) is 12.8 Å². The summed E-state index contributed by atoms with van der Waals surface area (Å²) in [6.07, 6.45) is -0.0134. The first-order valence-corrected chi connectivity index (χ1v) is 7.24. The lowest BCUT2D eigenvalue weighted by Crippen LogP contribution is -2.34. The van der Waals surface area contributed by atoms with E-state index < -0.39 is 11.8 Å². The van der Waals surface area contributed by atoms with E-state index in [9.17, 15) is 14.0 Å². The highest BCUT2D eigenvalue weighted by Crippen LogP contribution is 2.19. The third kappa shape index (κ3) is 4.39. The molecular weight excluding hydrogens is 293 g/mol. The Kier molecular flexibility index (Phi) is 5.05. The van der Waals surface area contributed by atoms with Gasteiger partial charge in [0, 0.05) is 17.1 Å². The number of carboxylic acid groups (broad SMARTS) is 1. The number of rotatable bonds is 6. The average molecular weight is 307 g/mol. The van der Waals surface area contributed by atoms with Crippen molar-refractivity contribution in [2.24, 2.45) is 0 Å². The van der Waals surface area contributed by atoms with Crippen LogP contribution in [0.15, 0.2) is 41.8 Å². The van der Waals surface area contributed by atoms with Gasteiger partial charge in [-0.2, -0.15) is 0 Å². The molecule has 0 fully saturated rings. The largest absolute Gasteiger partial charge is 0.481 e. The topological polar surface area (TPSA) is 57.6 Å². The van der Waals surface area contributed by atoms with E-state index in [0.29, 0.717) is 5.69 Å². The van der Waals surface area contributed by atoms with Gasteiger partial charge in [-0.1, -0.05) is 12.1 Å². The Balaban J connectivity index is 2.18. The summed E-state index contributed by atoms with van der Waals surface area (Å²) in [6, 6.07) is 9.28. The fraction of sp³-hybridized carbons (Fsp3) is 0.200. The molecule has 0 bridgehead atoms. The van der Waals surface area contributed by atoms with E-state index in [4.69, 9.17) is 5.11 Å². The molecule has 2 rings (SSSR count). The average Bonchev–Trinajstić information content (AvgIpc) is 2.91. The summed E-state index contributed by atoms with van der Waals surface area (Å²) < 4.78 is 13.3. The molecule has 0 spiro atoms. The second kappa shape index (κ2) is 6.99. The van der Waals surface area contributed by atoms with E-state index in [1.807, 2.05) is 17.5 Å². The Morgan fingerprint density at radius 1 is 1.24 bits per heavy atom. The highest BCUT2D eigenvalue weighted by atomic mass is 32.1. The fourth-order valence-electron chi connectivity index (χ4n) is 1.91. The number of carboxylic acids is 1. The van der Waals surface area contributed by atoms with Crippen LogP contribution >= 0.6 is 11.3 Å². The minimum absolute atomic E-state index is 0.0169. The Hall–Kier alpha value is -2.21. The number of anilines is 1. The number of carbonyl (C=O) groups excluding carboxylic acids is 1. The zero-order chi connectivity index (χ0) is 15.2. The van der Waals surface area contributed by atoms with E-state index in [0.717, 1.165) is 4.88 Å². The molecule has 6 heteroatoms. The van der Waals surface area contributed by atoms with E-state index in [-0.39, 0.29) is 25.3 Å². The van der Waals surface area contributed by atoms with E-state index in [1.165, 1.54) is 34.4 Å². The van der Waals surface area contributed by atoms with Gasteiger partial charge in [0.15, 0.2) is 0 Å². The summed E-state index contributed by atoms with van der Waals surface area (Å²) in [5.41, 5.74) is 0.373. The lowest BCUT2D eigenvalue weighted by molar-refractivity contribution is -0.136. The molecule has 4 nitrogen and oxygen atoms in total. The molecule has 1 amide bonds. The lowest BCUT2D eigenvalue weighted by Gasteiger charge is -2.22. The maximum Gasteiger partial charge on any atom is 0.305 e. The van der Waals surface area contributed by atoms with Gasteiger partial charge in [0.05, 0.1) is 12.8 Å². The fourth-order valence-corrected chi connectivity index (χ4v) is 2.60. The molecule has 0 radical (unpaired) electrons. The van der Waals surface area contributed by atoms with E-state index in [1.54, 1.807) is 6.07 Å². The van der Waals surface area contributed by atoms with Crippen molar-refractivity contribution in [3.05, 3.63) is 52.5 Å². The molecule has 0 saturated carbocycles. The summed E-state index contributed by atoms with van der Waals surface area (Å²) in [4.78, 5) is 25.3. The molecule has 1 aromatic carbocycles. The van der Waals surface area contributed by atoms with Gasteiger partial charge in [-0.05, 0) is 29.6 Å². The summed E-state index contributed by atoms with van der Waals surface area (Å²) in [7, 11) is 0. The van der Waals surface area contributed by atoms with Crippen molar-refractivity contribution in [2.75, 3.05) is 11.4 Å².